The minimum Gasteiger partial charge on any atom is -0.478 e. The number of carboxylic acids is 2. The van der Waals surface area contributed by atoms with Crippen molar-refractivity contribution in [3.8, 4) is 0 Å². The molecule has 0 amide bonds. The highest BCUT2D eigenvalue weighted by molar-refractivity contribution is 6.04. The summed E-state index contributed by atoms with van der Waals surface area (Å²) in [6, 6.07) is 25.5. The van der Waals surface area contributed by atoms with Crippen molar-refractivity contribution in [1.82, 2.24) is 0 Å². The average Bonchev–Trinajstić information content (AvgIpc) is 2.67. The molecule has 0 fully saturated rings. The topological polar surface area (TPSA) is 74.6 Å². The summed E-state index contributed by atoms with van der Waals surface area (Å²) in [5, 5.41) is 21.3. The number of aromatic carboxylic acids is 2. The molecule has 2 N–H and O–H groups in total. The highest BCUT2D eigenvalue weighted by atomic mass is 16.4. The molecule has 0 heterocycles. The molecule has 0 spiro atoms. The second-order valence-corrected chi connectivity index (χ2v) is 5.66. The van der Waals surface area contributed by atoms with Crippen LogP contribution in [0.3, 0.4) is 0 Å². The molecule has 0 aliphatic rings. The van der Waals surface area contributed by atoms with Crippen molar-refractivity contribution in [3.05, 3.63) is 96.1 Å². The molecular formula is C22H16BO4. The number of rotatable bonds is 2. The molecule has 4 nitrogen and oxygen atoms in total. The summed E-state index contributed by atoms with van der Waals surface area (Å²) >= 11 is 0. The first-order valence-corrected chi connectivity index (χ1v) is 8.00. The van der Waals surface area contributed by atoms with E-state index in [0.717, 1.165) is 21.5 Å². The van der Waals surface area contributed by atoms with E-state index in [1.807, 2.05) is 60.7 Å². The Morgan fingerprint density at radius 1 is 0.519 bits per heavy atom. The number of carbonyl (C=O) groups is 2. The van der Waals surface area contributed by atoms with E-state index in [-0.39, 0.29) is 8.41 Å². The molecule has 0 aromatic heterocycles. The van der Waals surface area contributed by atoms with Crippen LogP contribution in [0.25, 0.3) is 21.5 Å². The second-order valence-electron chi connectivity index (χ2n) is 5.66. The lowest BCUT2D eigenvalue weighted by atomic mass is 10.1. The third-order valence-corrected chi connectivity index (χ3v) is 4.04. The van der Waals surface area contributed by atoms with Crippen LogP contribution in [0, 0.1) is 0 Å². The highest BCUT2D eigenvalue weighted by Gasteiger charge is 2.06. The number of fused-ring (bicyclic) bond motifs is 2. The van der Waals surface area contributed by atoms with Gasteiger partial charge in [0, 0.05) is 8.41 Å². The molecule has 131 valence electrons. The van der Waals surface area contributed by atoms with Gasteiger partial charge in [0.15, 0.2) is 0 Å². The van der Waals surface area contributed by atoms with Gasteiger partial charge in [-0.15, -0.1) is 0 Å². The third-order valence-electron chi connectivity index (χ3n) is 4.04. The first-order chi connectivity index (χ1) is 12.6. The van der Waals surface area contributed by atoms with Crippen LogP contribution in [0.15, 0.2) is 84.9 Å². The molecule has 4 aromatic rings. The summed E-state index contributed by atoms with van der Waals surface area (Å²) in [6.45, 7) is 0. The Morgan fingerprint density at radius 3 is 1.22 bits per heavy atom. The van der Waals surface area contributed by atoms with Crippen molar-refractivity contribution in [2.75, 3.05) is 0 Å². The van der Waals surface area contributed by atoms with Gasteiger partial charge in [0.2, 0.25) is 0 Å². The second kappa shape index (κ2) is 8.67. The molecule has 0 bridgehead atoms. The molecule has 5 heteroatoms. The van der Waals surface area contributed by atoms with Gasteiger partial charge in [-0.1, -0.05) is 72.8 Å². The Kier molecular flexibility index (Phi) is 6.34. The van der Waals surface area contributed by atoms with E-state index in [0.29, 0.717) is 11.1 Å². The smallest absolute Gasteiger partial charge is 0.336 e. The van der Waals surface area contributed by atoms with E-state index in [1.54, 1.807) is 24.3 Å². The van der Waals surface area contributed by atoms with Gasteiger partial charge >= 0.3 is 11.9 Å². The van der Waals surface area contributed by atoms with E-state index in [1.165, 1.54) is 0 Å². The fourth-order valence-electron chi connectivity index (χ4n) is 2.82. The monoisotopic (exact) mass is 355 g/mol. The van der Waals surface area contributed by atoms with Gasteiger partial charge in [0.05, 0.1) is 11.1 Å². The van der Waals surface area contributed by atoms with Gasteiger partial charge in [0.1, 0.15) is 0 Å². The Hall–Kier alpha value is -3.60. The average molecular weight is 355 g/mol. The van der Waals surface area contributed by atoms with Gasteiger partial charge in [0.25, 0.3) is 0 Å². The van der Waals surface area contributed by atoms with Crippen molar-refractivity contribution in [2.45, 2.75) is 0 Å². The molecule has 0 saturated heterocycles. The van der Waals surface area contributed by atoms with Crippen LogP contribution in [0.2, 0.25) is 0 Å². The van der Waals surface area contributed by atoms with E-state index < -0.39 is 11.9 Å². The number of hydrogen-bond acceptors (Lipinski definition) is 2. The lowest BCUT2D eigenvalue weighted by Crippen LogP contribution is -1.96. The van der Waals surface area contributed by atoms with Crippen LogP contribution in [0.4, 0.5) is 0 Å². The van der Waals surface area contributed by atoms with Crippen molar-refractivity contribution in [2.24, 2.45) is 0 Å². The number of benzene rings is 4. The van der Waals surface area contributed by atoms with Gasteiger partial charge in [-0.05, 0) is 33.7 Å². The van der Waals surface area contributed by atoms with Gasteiger partial charge in [-0.3, -0.25) is 0 Å². The minimum atomic E-state index is -0.878. The van der Waals surface area contributed by atoms with Gasteiger partial charge < -0.3 is 10.2 Å². The first-order valence-electron chi connectivity index (χ1n) is 8.00. The van der Waals surface area contributed by atoms with Crippen LogP contribution in [0.5, 0.6) is 0 Å². The van der Waals surface area contributed by atoms with E-state index in [9.17, 15) is 9.59 Å². The van der Waals surface area contributed by atoms with E-state index in [4.69, 9.17) is 10.2 Å². The molecule has 27 heavy (non-hydrogen) atoms. The Balaban J connectivity index is 0.000000187. The predicted octanol–water partition coefficient (Wildman–Crippen LogP) is 4.70. The number of carboxylic acid groups (broad SMARTS) is 2. The maximum absolute atomic E-state index is 10.8. The quantitative estimate of drug-likeness (QED) is 0.512. The van der Waals surface area contributed by atoms with Crippen LogP contribution in [-0.2, 0) is 0 Å². The van der Waals surface area contributed by atoms with Crippen LogP contribution < -0.4 is 0 Å². The molecule has 0 aliphatic carbocycles. The SMILES string of the molecule is O=C(O)c1cccc2ccccc12.O=C(O)c1cccc2ccccc12.[B]. The van der Waals surface area contributed by atoms with Crippen molar-refractivity contribution in [1.29, 1.82) is 0 Å². The van der Waals surface area contributed by atoms with Crippen molar-refractivity contribution < 1.29 is 19.8 Å². The summed E-state index contributed by atoms with van der Waals surface area (Å²) in [4.78, 5) is 21.6. The van der Waals surface area contributed by atoms with Crippen LogP contribution >= 0.6 is 0 Å². The lowest BCUT2D eigenvalue weighted by Gasteiger charge is -2.00. The number of hydrogen-bond donors (Lipinski definition) is 2. The summed E-state index contributed by atoms with van der Waals surface area (Å²) in [5.41, 5.74) is 0.719. The molecular weight excluding hydrogens is 339 g/mol. The van der Waals surface area contributed by atoms with Crippen LogP contribution in [-0.4, -0.2) is 30.6 Å². The lowest BCUT2D eigenvalue weighted by molar-refractivity contribution is 0.0688. The van der Waals surface area contributed by atoms with Crippen molar-refractivity contribution in [3.63, 3.8) is 0 Å². The molecule has 4 aromatic carbocycles. The first kappa shape index (κ1) is 19.7. The molecule has 0 saturated carbocycles. The molecule has 0 unspecified atom stereocenters. The Morgan fingerprint density at radius 2 is 0.852 bits per heavy atom. The van der Waals surface area contributed by atoms with Crippen LogP contribution in [0.1, 0.15) is 20.7 Å². The van der Waals surface area contributed by atoms with Gasteiger partial charge in [-0.25, -0.2) is 9.59 Å². The Labute approximate surface area is 158 Å². The van der Waals surface area contributed by atoms with Gasteiger partial charge in [-0.2, -0.15) is 0 Å². The zero-order chi connectivity index (χ0) is 18.5. The molecule has 0 atom stereocenters. The fraction of sp³-hybridized carbons (Fsp3) is 0. The maximum Gasteiger partial charge on any atom is 0.336 e. The highest BCUT2D eigenvalue weighted by Crippen LogP contribution is 2.18. The minimum absolute atomic E-state index is 0. The predicted molar refractivity (Wildman–Crippen MR) is 108 cm³/mol. The fourth-order valence-corrected chi connectivity index (χ4v) is 2.82. The zero-order valence-corrected chi connectivity index (χ0v) is 14.4. The summed E-state index contributed by atoms with van der Waals surface area (Å²) in [6.07, 6.45) is 0. The van der Waals surface area contributed by atoms with Crippen molar-refractivity contribution >= 4 is 41.9 Å². The molecule has 3 radical (unpaired) electrons. The van der Waals surface area contributed by atoms with E-state index in [2.05, 4.69) is 0 Å². The normalized spacial score (nSPS) is 9.78. The summed E-state index contributed by atoms with van der Waals surface area (Å²) < 4.78 is 0. The summed E-state index contributed by atoms with van der Waals surface area (Å²) in [5.74, 6) is -1.76. The summed E-state index contributed by atoms with van der Waals surface area (Å²) in [7, 11) is 0. The molecule has 0 aliphatic heterocycles. The standard InChI is InChI=1S/2C11H8O2.B/c2*12-11(13)10-7-3-5-8-4-1-2-6-9(8)10;/h2*1-7H,(H,12,13);. The Bertz CT molecular complexity index is 1010. The maximum atomic E-state index is 10.8. The van der Waals surface area contributed by atoms with E-state index >= 15 is 0 Å². The largest absolute Gasteiger partial charge is 0.478 e. The zero-order valence-electron chi connectivity index (χ0n) is 14.4. The molecule has 4 rings (SSSR count). The third kappa shape index (κ3) is 4.33.